The van der Waals surface area contributed by atoms with Gasteiger partial charge in [0.15, 0.2) is 17.2 Å². The van der Waals surface area contributed by atoms with E-state index in [1.54, 1.807) is 18.3 Å². The van der Waals surface area contributed by atoms with Crippen LogP contribution >= 0.6 is 0 Å². The lowest BCUT2D eigenvalue weighted by atomic mass is 10.0. The van der Waals surface area contributed by atoms with Crippen LogP contribution in [0.1, 0.15) is 25.1 Å². The van der Waals surface area contributed by atoms with Crippen LogP contribution in [0.3, 0.4) is 0 Å². The van der Waals surface area contributed by atoms with Crippen molar-refractivity contribution in [3.05, 3.63) is 47.8 Å². The van der Waals surface area contributed by atoms with Gasteiger partial charge in [0.1, 0.15) is 17.1 Å². The van der Waals surface area contributed by atoms with Gasteiger partial charge in [-0.15, -0.1) is 0 Å². The maximum Gasteiger partial charge on any atom is 0.169 e. The number of fused-ring (bicyclic) bond motifs is 1. The molecule has 2 heterocycles. The Hall–Kier alpha value is -2.56. The quantitative estimate of drug-likeness (QED) is 0.670. The summed E-state index contributed by atoms with van der Waals surface area (Å²) in [4.78, 5) is 4.08. The van der Waals surface area contributed by atoms with E-state index >= 15 is 0 Å². The van der Waals surface area contributed by atoms with E-state index in [-0.39, 0.29) is 11.4 Å². The highest BCUT2D eigenvalue weighted by Crippen LogP contribution is 2.43. The summed E-state index contributed by atoms with van der Waals surface area (Å²) in [6.45, 7) is 4.09. The Kier molecular flexibility index (Phi) is 3.05. The second-order valence-electron chi connectivity index (χ2n) is 5.65. The van der Waals surface area contributed by atoms with E-state index in [2.05, 4.69) is 4.98 Å². The number of nitrogens with one attached hydrogen (secondary N) is 1. The highest BCUT2D eigenvalue weighted by atomic mass is 16.5. The normalized spacial score (nSPS) is 15.1. The SMILES string of the molecule is CC1(C)Cc2cccc(Oc3cccnc3C(=N)N)c2O1. The maximum atomic E-state index is 7.56. The van der Waals surface area contributed by atoms with Gasteiger partial charge in [0.25, 0.3) is 0 Å². The smallest absolute Gasteiger partial charge is 0.169 e. The number of aromatic nitrogens is 1. The minimum absolute atomic E-state index is 0.126. The van der Waals surface area contributed by atoms with E-state index in [0.29, 0.717) is 17.2 Å². The zero-order chi connectivity index (χ0) is 15.0. The van der Waals surface area contributed by atoms with Crippen LogP contribution in [-0.2, 0) is 6.42 Å². The summed E-state index contributed by atoms with van der Waals surface area (Å²) in [5, 5.41) is 7.56. The van der Waals surface area contributed by atoms with E-state index in [4.69, 9.17) is 20.6 Å². The molecule has 0 bridgehead atoms. The van der Waals surface area contributed by atoms with Gasteiger partial charge in [-0.05, 0) is 32.0 Å². The van der Waals surface area contributed by atoms with Crippen LogP contribution in [0.5, 0.6) is 17.2 Å². The molecule has 1 aliphatic rings. The third kappa shape index (κ3) is 2.54. The number of ether oxygens (including phenoxy) is 2. The molecule has 1 aromatic carbocycles. The lowest BCUT2D eigenvalue weighted by Gasteiger charge is -2.18. The van der Waals surface area contributed by atoms with Crippen molar-refractivity contribution in [1.82, 2.24) is 4.98 Å². The Morgan fingerprint density at radius 3 is 2.81 bits per heavy atom. The van der Waals surface area contributed by atoms with Crippen LogP contribution in [0, 0.1) is 5.41 Å². The Morgan fingerprint density at radius 2 is 2.05 bits per heavy atom. The lowest BCUT2D eigenvalue weighted by Crippen LogP contribution is -2.24. The van der Waals surface area contributed by atoms with Gasteiger partial charge < -0.3 is 15.2 Å². The summed E-state index contributed by atoms with van der Waals surface area (Å²) < 4.78 is 11.9. The van der Waals surface area contributed by atoms with Gasteiger partial charge in [-0.3, -0.25) is 5.41 Å². The second-order valence-corrected chi connectivity index (χ2v) is 5.65. The van der Waals surface area contributed by atoms with Gasteiger partial charge in [-0.2, -0.15) is 0 Å². The maximum absolute atomic E-state index is 7.56. The zero-order valence-electron chi connectivity index (χ0n) is 12.0. The van der Waals surface area contributed by atoms with E-state index in [0.717, 1.165) is 17.7 Å². The van der Waals surface area contributed by atoms with E-state index in [1.807, 2.05) is 32.0 Å². The Labute approximate surface area is 123 Å². The Balaban J connectivity index is 1.98. The lowest BCUT2D eigenvalue weighted by molar-refractivity contribution is 0.135. The fourth-order valence-electron chi connectivity index (χ4n) is 2.46. The van der Waals surface area contributed by atoms with E-state index in [1.165, 1.54) is 0 Å². The average molecular weight is 283 g/mol. The molecule has 1 aromatic heterocycles. The Bertz CT molecular complexity index is 710. The molecule has 0 unspecified atom stereocenters. The van der Waals surface area contributed by atoms with Crippen molar-refractivity contribution >= 4 is 5.84 Å². The van der Waals surface area contributed by atoms with Crippen LogP contribution in [0.15, 0.2) is 36.5 Å². The molecule has 0 fully saturated rings. The van der Waals surface area contributed by atoms with Gasteiger partial charge in [0.05, 0.1) is 0 Å². The molecule has 5 nitrogen and oxygen atoms in total. The first-order chi connectivity index (χ1) is 9.96. The summed E-state index contributed by atoms with van der Waals surface area (Å²) in [6, 6.07) is 9.30. The van der Waals surface area contributed by atoms with Crippen molar-refractivity contribution in [2.24, 2.45) is 5.73 Å². The van der Waals surface area contributed by atoms with Gasteiger partial charge in [0, 0.05) is 18.2 Å². The number of rotatable bonds is 3. The first-order valence-electron chi connectivity index (χ1n) is 6.74. The molecule has 2 aromatic rings. The fraction of sp³-hybridized carbons (Fsp3) is 0.250. The number of nitrogens with two attached hydrogens (primary N) is 1. The number of nitrogen functional groups attached to an aromatic ring is 1. The second kappa shape index (κ2) is 4.77. The molecule has 0 radical (unpaired) electrons. The minimum Gasteiger partial charge on any atom is -0.483 e. The molecule has 3 rings (SSSR count). The zero-order valence-corrected chi connectivity index (χ0v) is 12.0. The third-order valence-corrected chi connectivity index (χ3v) is 3.30. The predicted octanol–water partition coefficient (Wildman–Crippen LogP) is 2.87. The van der Waals surface area contributed by atoms with Gasteiger partial charge in [-0.25, -0.2) is 4.98 Å². The van der Waals surface area contributed by atoms with Crippen molar-refractivity contribution < 1.29 is 9.47 Å². The monoisotopic (exact) mass is 283 g/mol. The van der Waals surface area contributed by atoms with Crippen LogP contribution in [0.4, 0.5) is 0 Å². The standard InChI is InChI=1S/C16H17N3O2/c1-16(2)9-10-5-3-6-12(14(10)21-16)20-11-7-4-8-19-13(11)15(17)18/h3-8H,9H2,1-2H3,(H3,17,18). The molecule has 3 N–H and O–H groups in total. The van der Waals surface area contributed by atoms with Crippen LogP contribution in [0.25, 0.3) is 0 Å². The van der Waals surface area contributed by atoms with Gasteiger partial charge >= 0.3 is 0 Å². The van der Waals surface area contributed by atoms with Gasteiger partial charge in [0.2, 0.25) is 0 Å². The molecular weight excluding hydrogens is 266 g/mol. The van der Waals surface area contributed by atoms with Crippen molar-refractivity contribution in [3.63, 3.8) is 0 Å². The number of para-hydroxylation sites is 1. The molecule has 0 saturated heterocycles. The molecule has 0 amide bonds. The van der Waals surface area contributed by atoms with Crippen molar-refractivity contribution in [2.45, 2.75) is 25.9 Å². The number of hydrogen-bond acceptors (Lipinski definition) is 4. The van der Waals surface area contributed by atoms with Crippen LogP contribution in [0.2, 0.25) is 0 Å². The van der Waals surface area contributed by atoms with Crippen molar-refractivity contribution in [2.75, 3.05) is 0 Å². The van der Waals surface area contributed by atoms with Crippen molar-refractivity contribution in [3.8, 4) is 17.2 Å². The van der Waals surface area contributed by atoms with Crippen LogP contribution < -0.4 is 15.2 Å². The molecule has 0 aliphatic carbocycles. The molecule has 0 spiro atoms. The molecule has 108 valence electrons. The average Bonchev–Trinajstić information content (AvgIpc) is 2.74. The molecule has 1 aliphatic heterocycles. The molecule has 0 atom stereocenters. The first kappa shape index (κ1) is 13.4. The highest BCUT2D eigenvalue weighted by Gasteiger charge is 2.32. The summed E-state index contributed by atoms with van der Waals surface area (Å²) in [5.74, 6) is 1.69. The van der Waals surface area contributed by atoms with Crippen molar-refractivity contribution in [1.29, 1.82) is 5.41 Å². The number of hydrogen-bond donors (Lipinski definition) is 2. The molecule has 0 saturated carbocycles. The summed E-state index contributed by atoms with van der Waals surface area (Å²) >= 11 is 0. The number of benzene rings is 1. The Morgan fingerprint density at radius 1 is 1.29 bits per heavy atom. The fourth-order valence-corrected chi connectivity index (χ4v) is 2.46. The molecule has 21 heavy (non-hydrogen) atoms. The molecular formula is C16H17N3O2. The largest absolute Gasteiger partial charge is 0.483 e. The summed E-state index contributed by atoms with van der Waals surface area (Å²) in [7, 11) is 0. The van der Waals surface area contributed by atoms with E-state index in [9.17, 15) is 0 Å². The number of pyridine rings is 1. The predicted molar refractivity (Wildman–Crippen MR) is 80.2 cm³/mol. The minimum atomic E-state index is -0.236. The van der Waals surface area contributed by atoms with Crippen LogP contribution in [-0.4, -0.2) is 16.4 Å². The third-order valence-electron chi connectivity index (χ3n) is 3.30. The summed E-state index contributed by atoms with van der Waals surface area (Å²) in [5.41, 5.74) is 6.74. The molecule has 5 heteroatoms. The summed E-state index contributed by atoms with van der Waals surface area (Å²) in [6.07, 6.45) is 2.42. The highest BCUT2D eigenvalue weighted by molar-refractivity contribution is 5.95. The van der Waals surface area contributed by atoms with Gasteiger partial charge in [-0.1, -0.05) is 12.1 Å². The first-order valence-corrected chi connectivity index (χ1v) is 6.74. The number of nitrogens with zero attached hydrogens (tertiary/aromatic N) is 1. The van der Waals surface area contributed by atoms with E-state index < -0.39 is 0 Å². The topological polar surface area (TPSA) is 81.2 Å². The number of amidine groups is 1.